The van der Waals surface area contributed by atoms with Crippen molar-refractivity contribution in [2.75, 3.05) is 0 Å². The quantitative estimate of drug-likeness (QED) is 0.176. The molecule has 2 heterocycles. The smallest absolute Gasteiger partial charge is 0.287 e. The second-order valence-electron chi connectivity index (χ2n) is 7.59. The fourth-order valence-corrected chi connectivity index (χ4v) is 3.58. The number of aromatic nitrogens is 3. The standard InChI is InChI=1S/C24H20BrN5O4/c1-3-15(2)23-28-21-9-7-17(25)12-20(21)24(31)29(23)27-13-16-5-4-6-19(11-16)34-22-10-8-18(14-26-22)30(32)33/h4-15H,3H2,1-2H3/t15-/m0/s1. The van der Waals surface area contributed by atoms with Gasteiger partial charge in [0.15, 0.2) is 0 Å². The van der Waals surface area contributed by atoms with Gasteiger partial charge < -0.3 is 4.74 Å². The highest BCUT2D eigenvalue weighted by molar-refractivity contribution is 9.10. The van der Waals surface area contributed by atoms with Crippen LogP contribution >= 0.6 is 15.9 Å². The molecule has 0 aliphatic heterocycles. The molecular weight excluding hydrogens is 502 g/mol. The Morgan fingerprint density at radius 3 is 2.76 bits per heavy atom. The van der Waals surface area contributed by atoms with Crippen LogP contribution in [0.1, 0.15) is 37.6 Å². The molecule has 0 aliphatic carbocycles. The molecule has 1 atom stereocenters. The van der Waals surface area contributed by atoms with Gasteiger partial charge in [0.05, 0.1) is 22.0 Å². The highest BCUT2D eigenvalue weighted by Gasteiger charge is 2.15. The predicted octanol–water partition coefficient (Wildman–Crippen LogP) is 5.65. The van der Waals surface area contributed by atoms with Crippen LogP contribution in [-0.2, 0) is 0 Å². The molecule has 0 saturated carbocycles. The molecule has 34 heavy (non-hydrogen) atoms. The van der Waals surface area contributed by atoms with Gasteiger partial charge in [-0.1, -0.05) is 41.9 Å². The summed E-state index contributed by atoms with van der Waals surface area (Å²) < 4.78 is 7.83. The maximum atomic E-state index is 13.2. The zero-order chi connectivity index (χ0) is 24.2. The van der Waals surface area contributed by atoms with Crippen molar-refractivity contribution in [3.8, 4) is 11.6 Å². The van der Waals surface area contributed by atoms with Crippen molar-refractivity contribution >= 4 is 38.7 Å². The average molecular weight is 522 g/mol. The van der Waals surface area contributed by atoms with Crippen molar-refractivity contribution in [1.29, 1.82) is 0 Å². The Hall–Kier alpha value is -3.92. The van der Waals surface area contributed by atoms with Gasteiger partial charge in [0.25, 0.3) is 11.2 Å². The summed E-state index contributed by atoms with van der Waals surface area (Å²) in [4.78, 5) is 32.1. The van der Waals surface area contributed by atoms with Gasteiger partial charge in [-0.15, -0.1) is 0 Å². The summed E-state index contributed by atoms with van der Waals surface area (Å²) in [5.74, 6) is 1.31. The van der Waals surface area contributed by atoms with Gasteiger partial charge in [0.2, 0.25) is 5.88 Å². The molecule has 0 saturated heterocycles. The monoisotopic (exact) mass is 521 g/mol. The molecule has 0 fully saturated rings. The van der Waals surface area contributed by atoms with Crippen LogP contribution in [0.5, 0.6) is 11.6 Å². The second-order valence-corrected chi connectivity index (χ2v) is 8.50. The number of ether oxygens (including phenoxy) is 1. The Morgan fingerprint density at radius 1 is 1.24 bits per heavy atom. The number of nitrogens with zero attached hydrogens (tertiary/aromatic N) is 5. The topological polar surface area (TPSA) is 113 Å². The molecule has 0 amide bonds. The van der Waals surface area contributed by atoms with Crippen molar-refractivity contribution < 1.29 is 9.66 Å². The lowest BCUT2D eigenvalue weighted by molar-refractivity contribution is -0.385. The van der Waals surface area contributed by atoms with E-state index in [9.17, 15) is 14.9 Å². The van der Waals surface area contributed by atoms with Gasteiger partial charge in [0, 0.05) is 22.5 Å². The minimum absolute atomic E-state index is 0.0285. The van der Waals surface area contributed by atoms with Gasteiger partial charge in [-0.3, -0.25) is 14.9 Å². The van der Waals surface area contributed by atoms with Gasteiger partial charge in [-0.25, -0.2) is 9.97 Å². The predicted molar refractivity (Wildman–Crippen MR) is 133 cm³/mol. The highest BCUT2D eigenvalue weighted by Crippen LogP contribution is 2.23. The fourth-order valence-electron chi connectivity index (χ4n) is 3.22. The Bertz CT molecular complexity index is 1450. The Labute approximate surface area is 203 Å². The van der Waals surface area contributed by atoms with Crippen LogP contribution in [0.3, 0.4) is 0 Å². The van der Waals surface area contributed by atoms with E-state index in [-0.39, 0.29) is 23.0 Å². The fraction of sp³-hybridized carbons (Fsp3) is 0.167. The molecular formula is C24H20BrN5O4. The van der Waals surface area contributed by atoms with E-state index in [0.29, 0.717) is 28.0 Å². The Morgan fingerprint density at radius 2 is 2.06 bits per heavy atom. The van der Waals surface area contributed by atoms with Gasteiger partial charge in [-0.2, -0.15) is 9.78 Å². The molecule has 0 spiro atoms. The third-order valence-electron chi connectivity index (χ3n) is 5.22. The van der Waals surface area contributed by atoms with Gasteiger partial charge >= 0.3 is 0 Å². The number of fused-ring (bicyclic) bond motifs is 1. The summed E-state index contributed by atoms with van der Waals surface area (Å²) in [7, 11) is 0. The van der Waals surface area contributed by atoms with Gasteiger partial charge in [0.1, 0.15) is 17.8 Å². The molecule has 2 aromatic carbocycles. The van der Waals surface area contributed by atoms with E-state index in [1.165, 1.54) is 16.8 Å². The maximum absolute atomic E-state index is 13.2. The van der Waals surface area contributed by atoms with Crippen LogP contribution < -0.4 is 10.3 Å². The summed E-state index contributed by atoms with van der Waals surface area (Å²) >= 11 is 3.41. The molecule has 172 valence electrons. The molecule has 4 aromatic rings. The molecule has 4 rings (SSSR count). The van der Waals surface area contributed by atoms with Crippen molar-refractivity contribution in [2.45, 2.75) is 26.2 Å². The van der Waals surface area contributed by atoms with Crippen LogP contribution in [0, 0.1) is 10.1 Å². The van der Waals surface area contributed by atoms with Crippen LogP contribution in [0.2, 0.25) is 0 Å². The van der Waals surface area contributed by atoms with E-state index >= 15 is 0 Å². The molecule has 0 aliphatic rings. The van der Waals surface area contributed by atoms with Crippen LogP contribution in [0.15, 0.2) is 75.2 Å². The first-order valence-electron chi connectivity index (χ1n) is 10.5. The van der Waals surface area contributed by atoms with Crippen LogP contribution in [-0.4, -0.2) is 25.8 Å². The van der Waals surface area contributed by atoms with E-state index in [1.54, 1.807) is 30.5 Å². The van der Waals surface area contributed by atoms with Crippen molar-refractivity contribution in [1.82, 2.24) is 14.6 Å². The number of rotatable bonds is 7. The SMILES string of the molecule is CC[C@H](C)c1nc2ccc(Br)cc2c(=O)n1N=Cc1cccc(Oc2ccc([N+](=O)[O-])cn2)c1. The molecule has 9 nitrogen and oxygen atoms in total. The Balaban J connectivity index is 1.67. The first kappa shape index (κ1) is 23.2. The second kappa shape index (κ2) is 9.92. The first-order chi connectivity index (χ1) is 16.4. The minimum Gasteiger partial charge on any atom is -0.439 e. The molecule has 10 heteroatoms. The van der Waals surface area contributed by atoms with Crippen molar-refractivity contribution in [3.05, 3.63) is 97.1 Å². The number of hydrogen-bond donors (Lipinski definition) is 0. The van der Waals surface area contributed by atoms with Crippen LogP contribution in [0.25, 0.3) is 10.9 Å². The molecule has 0 unspecified atom stereocenters. The first-order valence-corrected chi connectivity index (χ1v) is 11.3. The number of halogens is 1. The van der Waals surface area contributed by atoms with Crippen molar-refractivity contribution in [3.63, 3.8) is 0 Å². The van der Waals surface area contributed by atoms with E-state index in [4.69, 9.17) is 9.72 Å². The number of benzene rings is 2. The van der Waals surface area contributed by atoms with E-state index in [2.05, 4.69) is 26.0 Å². The number of nitro groups is 1. The molecule has 2 aromatic heterocycles. The third-order valence-corrected chi connectivity index (χ3v) is 5.71. The molecule has 0 radical (unpaired) electrons. The maximum Gasteiger partial charge on any atom is 0.287 e. The third kappa shape index (κ3) is 5.01. The van der Waals surface area contributed by atoms with Crippen LogP contribution in [0.4, 0.5) is 5.69 Å². The lowest BCUT2D eigenvalue weighted by atomic mass is 10.1. The number of pyridine rings is 1. The minimum atomic E-state index is -0.524. The number of hydrogen-bond acceptors (Lipinski definition) is 7. The normalized spacial score (nSPS) is 12.2. The largest absolute Gasteiger partial charge is 0.439 e. The highest BCUT2D eigenvalue weighted by atomic mass is 79.9. The van der Waals surface area contributed by atoms with E-state index < -0.39 is 4.92 Å². The van der Waals surface area contributed by atoms with Crippen molar-refractivity contribution in [2.24, 2.45) is 5.10 Å². The zero-order valence-corrected chi connectivity index (χ0v) is 20.0. The summed E-state index contributed by atoms with van der Waals surface area (Å²) in [6.45, 7) is 4.04. The summed E-state index contributed by atoms with van der Waals surface area (Å²) in [5.41, 5.74) is 0.948. The summed E-state index contributed by atoms with van der Waals surface area (Å²) in [6, 6.07) is 15.2. The Kier molecular flexibility index (Phi) is 6.78. The summed E-state index contributed by atoms with van der Waals surface area (Å²) in [6.07, 6.45) is 3.50. The average Bonchev–Trinajstić information content (AvgIpc) is 2.84. The van der Waals surface area contributed by atoms with E-state index in [0.717, 1.165) is 17.1 Å². The van der Waals surface area contributed by atoms with E-state index in [1.807, 2.05) is 32.0 Å². The molecule has 0 bridgehead atoms. The van der Waals surface area contributed by atoms with Gasteiger partial charge in [-0.05, 0) is 42.3 Å². The summed E-state index contributed by atoms with van der Waals surface area (Å²) in [5, 5.41) is 15.7. The lowest BCUT2D eigenvalue weighted by Crippen LogP contribution is -2.23. The lowest BCUT2D eigenvalue weighted by Gasteiger charge is -2.14. The molecule has 0 N–H and O–H groups in total. The zero-order valence-electron chi connectivity index (χ0n) is 18.4.